The van der Waals surface area contributed by atoms with Crippen LogP contribution in [-0.4, -0.2) is 34.9 Å². The van der Waals surface area contributed by atoms with E-state index in [0.717, 1.165) is 29.5 Å². The first-order valence-electron chi connectivity index (χ1n) is 8.90. The first kappa shape index (κ1) is 18.7. The fourth-order valence-corrected chi connectivity index (χ4v) is 3.21. The summed E-state index contributed by atoms with van der Waals surface area (Å²) in [6, 6.07) is 9.86. The zero-order valence-corrected chi connectivity index (χ0v) is 15.4. The van der Waals surface area contributed by atoms with Gasteiger partial charge in [0.1, 0.15) is 11.8 Å². The minimum Gasteiger partial charge on any atom is -0.394 e. The van der Waals surface area contributed by atoms with Crippen molar-refractivity contribution >= 4 is 17.2 Å². The number of nitrogens with zero attached hydrogens (tertiary/aromatic N) is 3. The van der Waals surface area contributed by atoms with E-state index in [0.29, 0.717) is 19.8 Å². The van der Waals surface area contributed by atoms with Crippen molar-refractivity contribution in [3.8, 4) is 6.07 Å². The molecule has 1 saturated heterocycles. The molecule has 0 aliphatic carbocycles. The van der Waals surface area contributed by atoms with E-state index in [1.54, 1.807) is 0 Å². The summed E-state index contributed by atoms with van der Waals surface area (Å²) >= 11 is 0. The number of hydrogen-bond acceptors (Lipinski definition) is 5. The molecule has 1 aromatic heterocycles. The number of nitrogen functional groups attached to an aromatic ring is 1. The number of rotatable bonds is 5. The van der Waals surface area contributed by atoms with Gasteiger partial charge in [-0.25, -0.2) is 4.68 Å². The van der Waals surface area contributed by atoms with E-state index in [1.807, 2.05) is 31.2 Å². The summed E-state index contributed by atoms with van der Waals surface area (Å²) in [7, 11) is 0. The maximum atomic E-state index is 12.6. The van der Waals surface area contributed by atoms with E-state index < -0.39 is 0 Å². The number of carbonyl (C=O) groups is 1. The molecule has 1 aromatic carbocycles. The number of carbonyl (C=O) groups excluding carboxylic acids is 1. The average Bonchev–Trinajstić information content (AvgIpc) is 2.98. The van der Waals surface area contributed by atoms with Crippen LogP contribution in [0.1, 0.15) is 47.1 Å². The van der Waals surface area contributed by atoms with Gasteiger partial charge in [0, 0.05) is 19.3 Å². The van der Waals surface area contributed by atoms with E-state index in [9.17, 15) is 10.1 Å². The molecule has 7 heteroatoms. The molecular weight excluding hydrogens is 342 g/mol. The van der Waals surface area contributed by atoms with Crippen molar-refractivity contribution in [2.45, 2.75) is 32.4 Å². The zero-order valence-electron chi connectivity index (χ0n) is 15.4. The smallest absolute Gasteiger partial charge is 0.274 e. The number of aromatic nitrogens is 2. The topological polar surface area (TPSA) is 106 Å². The maximum absolute atomic E-state index is 12.6. The molecule has 3 N–H and O–H groups in total. The van der Waals surface area contributed by atoms with Crippen LogP contribution in [0.4, 0.5) is 5.69 Å². The van der Waals surface area contributed by atoms with E-state index in [1.165, 1.54) is 4.68 Å². The first-order chi connectivity index (χ1) is 13.0. The number of amides is 1. The molecule has 0 unspecified atom stereocenters. The van der Waals surface area contributed by atoms with Crippen molar-refractivity contribution in [2.75, 3.05) is 18.9 Å². The molecule has 0 spiro atoms. The molecule has 3 rings (SSSR count). The van der Waals surface area contributed by atoms with Crippen LogP contribution in [0.2, 0.25) is 0 Å². The molecule has 1 fully saturated rings. The molecule has 0 bridgehead atoms. The SMILES string of the molecule is C=C(C)c1ccccc1Cn1nc(C(=O)NC2CCOCC2)c(N)c1C#N. The molecule has 140 valence electrons. The van der Waals surface area contributed by atoms with E-state index in [-0.39, 0.29) is 29.0 Å². The average molecular weight is 365 g/mol. The summed E-state index contributed by atoms with van der Waals surface area (Å²) < 4.78 is 6.78. The monoisotopic (exact) mass is 365 g/mol. The Morgan fingerprint density at radius 2 is 2.15 bits per heavy atom. The van der Waals surface area contributed by atoms with Gasteiger partial charge in [0.25, 0.3) is 5.91 Å². The summed E-state index contributed by atoms with van der Waals surface area (Å²) in [5.41, 5.74) is 9.31. The van der Waals surface area contributed by atoms with Crippen molar-refractivity contribution in [3.63, 3.8) is 0 Å². The second kappa shape index (κ2) is 8.06. The third-order valence-corrected chi connectivity index (χ3v) is 4.66. The zero-order chi connectivity index (χ0) is 19.4. The quantitative estimate of drug-likeness (QED) is 0.846. The van der Waals surface area contributed by atoms with Crippen LogP contribution < -0.4 is 11.1 Å². The molecule has 1 amide bonds. The molecular formula is C20H23N5O2. The van der Waals surface area contributed by atoms with Gasteiger partial charge in [-0.2, -0.15) is 10.4 Å². The molecule has 1 aliphatic rings. The lowest BCUT2D eigenvalue weighted by atomic mass is 10.0. The Balaban J connectivity index is 1.87. The van der Waals surface area contributed by atoms with Gasteiger partial charge in [-0.3, -0.25) is 4.79 Å². The predicted octanol–water partition coefficient (Wildman–Crippen LogP) is 2.33. The van der Waals surface area contributed by atoms with Gasteiger partial charge >= 0.3 is 0 Å². The fourth-order valence-electron chi connectivity index (χ4n) is 3.21. The number of nitrogens with two attached hydrogens (primary N) is 1. The molecule has 27 heavy (non-hydrogen) atoms. The summed E-state index contributed by atoms with van der Waals surface area (Å²) in [6.07, 6.45) is 1.51. The van der Waals surface area contributed by atoms with Gasteiger partial charge in [0.2, 0.25) is 0 Å². The van der Waals surface area contributed by atoms with Crippen molar-refractivity contribution in [1.82, 2.24) is 15.1 Å². The Labute approximate surface area is 158 Å². The highest BCUT2D eigenvalue weighted by Crippen LogP contribution is 2.22. The largest absolute Gasteiger partial charge is 0.394 e. The van der Waals surface area contributed by atoms with Crippen molar-refractivity contribution in [3.05, 3.63) is 53.4 Å². The minimum atomic E-state index is -0.358. The molecule has 1 aliphatic heterocycles. The van der Waals surface area contributed by atoms with Crippen LogP contribution in [0.5, 0.6) is 0 Å². The minimum absolute atomic E-state index is 0.0328. The van der Waals surface area contributed by atoms with Gasteiger partial charge in [0.15, 0.2) is 11.4 Å². The van der Waals surface area contributed by atoms with Crippen molar-refractivity contribution < 1.29 is 9.53 Å². The molecule has 0 saturated carbocycles. The lowest BCUT2D eigenvalue weighted by molar-refractivity contribution is 0.0694. The normalized spacial score (nSPS) is 14.5. The molecule has 0 radical (unpaired) electrons. The predicted molar refractivity (Wildman–Crippen MR) is 103 cm³/mol. The van der Waals surface area contributed by atoms with Crippen LogP contribution in [0, 0.1) is 11.3 Å². The highest BCUT2D eigenvalue weighted by molar-refractivity contribution is 5.98. The van der Waals surface area contributed by atoms with E-state index in [4.69, 9.17) is 10.5 Å². The number of benzene rings is 1. The Kier molecular flexibility index (Phi) is 5.57. The highest BCUT2D eigenvalue weighted by atomic mass is 16.5. The third-order valence-electron chi connectivity index (χ3n) is 4.66. The lowest BCUT2D eigenvalue weighted by Gasteiger charge is -2.22. The Hall–Kier alpha value is -3.11. The van der Waals surface area contributed by atoms with Crippen molar-refractivity contribution in [1.29, 1.82) is 5.26 Å². The number of anilines is 1. The Bertz CT molecular complexity index is 904. The number of ether oxygens (including phenoxy) is 1. The molecule has 7 nitrogen and oxygen atoms in total. The van der Waals surface area contributed by atoms with Crippen molar-refractivity contribution in [2.24, 2.45) is 0 Å². The number of nitriles is 1. The van der Waals surface area contributed by atoms with Crippen LogP contribution >= 0.6 is 0 Å². The van der Waals surface area contributed by atoms with E-state index in [2.05, 4.69) is 23.1 Å². The van der Waals surface area contributed by atoms with Gasteiger partial charge in [0.05, 0.1) is 6.54 Å². The Morgan fingerprint density at radius 1 is 1.44 bits per heavy atom. The summed E-state index contributed by atoms with van der Waals surface area (Å²) in [5, 5.41) is 16.8. The highest BCUT2D eigenvalue weighted by Gasteiger charge is 2.24. The molecule has 2 aromatic rings. The summed E-state index contributed by atoms with van der Waals surface area (Å²) in [6.45, 7) is 7.49. The lowest BCUT2D eigenvalue weighted by Crippen LogP contribution is -2.39. The van der Waals surface area contributed by atoms with Crippen LogP contribution in [-0.2, 0) is 11.3 Å². The third kappa shape index (κ3) is 4.01. The standard InChI is InChI=1S/C20H23N5O2/c1-13(2)16-6-4-3-5-14(16)12-25-17(11-21)18(22)19(24-25)20(26)23-15-7-9-27-10-8-15/h3-6,15H,1,7-10,12,22H2,2H3,(H,23,26). The van der Waals surface area contributed by atoms with Crippen LogP contribution in [0.3, 0.4) is 0 Å². The van der Waals surface area contributed by atoms with Gasteiger partial charge in [-0.1, -0.05) is 36.4 Å². The second-order valence-electron chi connectivity index (χ2n) is 6.68. The van der Waals surface area contributed by atoms with E-state index >= 15 is 0 Å². The fraction of sp³-hybridized carbons (Fsp3) is 0.350. The van der Waals surface area contributed by atoms with Crippen LogP contribution in [0.15, 0.2) is 30.8 Å². The Morgan fingerprint density at radius 3 is 2.81 bits per heavy atom. The molecule has 0 atom stereocenters. The second-order valence-corrected chi connectivity index (χ2v) is 6.68. The number of hydrogen-bond donors (Lipinski definition) is 2. The summed E-state index contributed by atoms with van der Waals surface area (Å²) in [4.78, 5) is 12.6. The molecule has 2 heterocycles. The van der Waals surface area contributed by atoms with Gasteiger partial charge < -0.3 is 15.8 Å². The van der Waals surface area contributed by atoms with Gasteiger partial charge in [-0.15, -0.1) is 0 Å². The maximum Gasteiger partial charge on any atom is 0.274 e. The first-order valence-corrected chi connectivity index (χ1v) is 8.90. The van der Waals surface area contributed by atoms with Crippen LogP contribution in [0.25, 0.3) is 5.57 Å². The number of nitrogens with one attached hydrogen (secondary N) is 1. The number of allylic oxidation sites excluding steroid dienone is 1. The van der Waals surface area contributed by atoms with Gasteiger partial charge in [-0.05, 0) is 30.9 Å². The summed E-state index contributed by atoms with van der Waals surface area (Å²) in [5.74, 6) is -0.358.